The summed E-state index contributed by atoms with van der Waals surface area (Å²) in [5.74, 6) is 6.12. The molecule has 1 aromatic heterocycles. The van der Waals surface area contributed by atoms with E-state index >= 15 is 0 Å². The standard InChI is InChI=1S/C31H40F3N5O3S/c1-5-38(6-2)23-14-12-22(13-15-23)37-27-10-7-11-29-26(27)19-24(39(29)21-31(32,33)34)9-8-18-36-28-17-16-25(20-30(28)42-4)43(40,41)35-3/h7,10-11,16-17,19-20,22-23,35-37H,5-6,12-15,18,21H2,1-4H3/t22-,23-. The highest BCUT2D eigenvalue weighted by Gasteiger charge is 2.30. The van der Waals surface area contributed by atoms with Gasteiger partial charge in [0, 0.05) is 29.2 Å². The van der Waals surface area contributed by atoms with Crippen molar-refractivity contribution in [3.05, 3.63) is 48.2 Å². The van der Waals surface area contributed by atoms with Crippen molar-refractivity contribution in [3.63, 3.8) is 0 Å². The van der Waals surface area contributed by atoms with Crippen molar-refractivity contribution in [2.75, 3.05) is 44.4 Å². The van der Waals surface area contributed by atoms with Crippen molar-refractivity contribution in [2.45, 2.75) is 69.2 Å². The van der Waals surface area contributed by atoms with Gasteiger partial charge in [-0.3, -0.25) is 0 Å². The first kappa shape index (κ1) is 32.5. The first-order valence-corrected chi connectivity index (χ1v) is 16.0. The normalized spacial score (nSPS) is 17.5. The number of alkyl halides is 3. The molecule has 0 unspecified atom stereocenters. The van der Waals surface area contributed by atoms with Gasteiger partial charge in [-0.25, -0.2) is 13.1 Å². The maximum atomic E-state index is 13.6. The summed E-state index contributed by atoms with van der Waals surface area (Å²) in [7, 11) is -0.915. The van der Waals surface area contributed by atoms with Gasteiger partial charge in [0.1, 0.15) is 12.3 Å². The maximum absolute atomic E-state index is 13.6. The van der Waals surface area contributed by atoms with E-state index in [0.29, 0.717) is 28.4 Å². The topological polar surface area (TPSA) is 87.6 Å². The average Bonchev–Trinajstić information content (AvgIpc) is 3.33. The van der Waals surface area contributed by atoms with E-state index in [2.05, 4.69) is 45.9 Å². The van der Waals surface area contributed by atoms with Crippen LogP contribution in [0, 0.1) is 11.8 Å². The van der Waals surface area contributed by atoms with Gasteiger partial charge in [-0.2, -0.15) is 13.2 Å². The van der Waals surface area contributed by atoms with Gasteiger partial charge in [-0.05, 0) is 82.1 Å². The minimum atomic E-state index is -4.42. The van der Waals surface area contributed by atoms with Gasteiger partial charge in [0.05, 0.1) is 35.4 Å². The number of rotatable bonds is 11. The first-order valence-electron chi connectivity index (χ1n) is 14.5. The molecule has 1 heterocycles. The highest BCUT2D eigenvalue weighted by molar-refractivity contribution is 7.89. The monoisotopic (exact) mass is 619 g/mol. The van der Waals surface area contributed by atoms with Gasteiger partial charge >= 0.3 is 6.18 Å². The Morgan fingerprint density at radius 2 is 1.77 bits per heavy atom. The van der Waals surface area contributed by atoms with Crippen LogP contribution in [-0.2, 0) is 16.6 Å². The molecule has 3 N–H and O–H groups in total. The van der Waals surface area contributed by atoms with Gasteiger partial charge in [0.25, 0.3) is 0 Å². The molecule has 0 amide bonds. The molecule has 4 rings (SSSR count). The van der Waals surface area contributed by atoms with Crippen molar-refractivity contribution >= 4 is 32.3 Å². The van der Waals surface area contributed by atoms with E-state index in [4.69, 9.17) is 4.74 Å². The molecular formula is C31H40F3N5O3S. The van der Waals surface area contributed by atoms with Crippen molar-refractivity contribution in [1.29, 1.82) is 0 Å². The van der Waals surface area contributed by atoms with E-state index in [-0.39, 0.29) is 23.2 Å². The Labute approximate surface area is 252 Å². The second kappa shape index (κ2) is 13.9. The first-order chi connectivity index (χ1) is 20.5. The number of hydrogen-bond acceptors (Lipinski definition) is 6. The second-order valence-electron chi connectivity index (χ2n) is 10.6. The SMILES string of the molecule is CCN(CC)[C@H]1CC[C@H](Nc2cccc3c2cc(C#CCNc2ccc(S(=O)(=O)NC)cc2OC)n3CC(F)(F)F)CC1. The zero-order valence-corrected chi connectivity index (χ0v) is 25.8. The number of methoxy groups -OCH3 is 1. The largest absolute Gasteiger partial charge is 0.495 e. The highest BCUT2D eigenvalue weighted by Crippen LogP contribution is 2.33. The summed E-state index contributed by atoms with van der Waals surface area (Å²) < 4.78 is 73.9. The minimum absolute atomic E-state index is 0.0431. The molecule has 234 valence electrons. The molecule has 0 bridgehead atoms. The minimum Gasteiger partial charge on any atom is -0.495 e. The number of fused-ring (bicyclic) bond motifs is 1. The quantitative estimate of drug-likeness (QED) is 0.241. The van der Waals surface area contributed by atoms with E-state index in [1.807, 2.05) is 6.07 Å². The highest BCUT2D eigenvalue weighted by atomic mass is 32.2. The molecule has 1 fully saturated rings. The van der Waals surface area contributed by atoms with E-state index in [1.54, 1.807) is 24.3 Å². The summed E-state index contributed by atoms with van der Waals surface area (Å²) >= 11 is 0. The van der Waals surface area contributed by atoms with Gasteiger partial charge in [0.2, 0.25) is 10.0 Å². The third-order valence-corrected chi connectivity index (χ3v) is 9.42. The zero-order valence-electron chi connectivity index (χ0n) is 25.0. The number of anilines is 2. The molecule has 0 spiro atoms. The molecule has 8 nitrogen and oxygen atoms in total. The Bertz CT molecular complexity index is 1560. The zero-order chi connectivity index (χ0) is 31.2. The molecule has 2 aromatic carbocycles. The second-order valence-corrected chi connectivity index (χ2v) is 12.5. The number of hydrogen-bond donors (Lipinski definition) is 3. The predicted octanol–water partition coefficient (Wildman–Crippen LogP) is 5.65. The molecule has 0 saturated heterocycles. The Balaban J connectivity index is 1.55. The van der Waals surface area contributed by atoms with Gasteiger partial charge < -0.3 is 24.8 Å². The Kier molecular flexibility index (Phi) is 10.5. The lowest BCUT2D eigenvalue weighted by Gasteiger charge is -2.36. The number of nitrogens with zero attached hydrogens (tertiary/aromatic N) is 2. The van der Waals surface area contributed by atoms with Crippen LogP contribution in [0.1, 0.15) is 45.2 Å². The Morgan fingerprint density at radius 1 is 1.05 bits per heavy atom. The summed E-state index contributed by atoms with van der Waals surface area (Å²) in [6.45, 7) is 5.39. The lowest BCUT2D eigenvalue weighted by molar-refractivity contribution is -0.140. The summed E-state index contributed by atoms with van der Waals surface area (Å²) in [6.07, 6.45) is -0.232. The van der Waals surface area contributed by atoms with Crippen molar-refractivity contribution in [1.82, 2.24) is 14.2 Å². The molecule has 43 heavy (non-hydrogen) atoms. The predicted molar refractivity (Wildman–Crippen MR) is 165 cm³/mol. The number of halogens is 3. The van der Waals surface area contributed by atoms with Crippen LogP contribution in [-0.4, -0.2) is 69.9 Å². The van der Waals surface area contributed by atoms with Crippen LogP contribution in [0.4, 0.5) is 24.5 Å². The summed E-state index contributed by atoms with van der Waals surface area (Å²) in [5, 5.41) is 7.37. The number of benzene rings is 2. The number of ether oxygens (including phenoxy) is 1. The lowest BCUT2D eigenvalue weighted by atomic mass is 9.90. The van der Waals surface area contributed by atoms with E-state index < -0.39 is 22.7 Å². The van der Waals surface area contributed by atoms with Crippen LogP contribution >= 0.6 is 0 Å². The lowest BCUT2D eigenvalue weighted by Crippen LogP contribution is -2.40. The molecule has 1 aliphatic carbocycles. The third-order valence-electron chi connectivity index (χ3n) is 8.00. The van der Waals surface area contributed by atoms with E-state index in [0.717, 1.165) is 44.5 Å². The van der Waals surface area contributed by atoms with Gasteiger partial charge in [0.15, 0.2) is 0 Å². The summed E-state index contributed by atoms with van der Waals surface area (Å²) in [5.41, 5.74) is 2.05. The molecule has 12 heteroatoms. The van der Waals surface area contributed by atoms with Crippen LogP contribution in [0.15, 0.2) is 47.4 Å². The molecule has 0 radical (unpaired) electrons. The summed E-state index contributed by atoms with van der Waals surface area (Å²) in [6, 6.07) is 12.3. The number of aromatic nitrogens is 1. The van der Waals surface area contributed by atoms with E-state index in [1.165, 1.54) is 30.9 Å². The maximum Gasteiger partial charge on any atom is 0.406 e. The Morgan fingerprint density at radius 3 is 2.40 bits per heavy atom. The fraction of sp³-hybridized carbons (Fsp3) is 0.484. The van der Waals surface area contributed by atoms with Crippen LogP contribution in [0.2, 0.25) is 0 Å². The molecule has 0 atom stereocenters. The van der Waals surface area contributed by atoms with Crippen LogP contribution < -0.4 is 20.1 Å². The fourth-order valence-electron chi connectivity index (χ4n) is 5.79. The van der Waals surface area contributed by atoms with Gasteiger partial charge in [-0.1, -0.05) is 25.8 Å². The number of nitrogens with one attached hydrogen (secondary N) is 3. The smallest absolute Gasteiger partial charge is 0.406 e. The van der Waals surface area contributed by atoms with Crippen molar-refractivity contribution in [2.24, 2.45) is 0 Å². The molecule has 3 aromatic rings. The third kappa shape index (κ3) is 7.96. The van der Waals surface area contributed by atoms with Crippen LogP contribution in [0.25, 0.3) is 10.9 Å². The molecule has 1 saturated carbocycles. The van der Waals surface area contributed by atoms with Crippen LogP contribution in [0.3, 0.4) is 0 Å². The fourth-order valence-corrected chi connectivity index (χ4v) is 6.53. The Hall–Kier alpha value is -3.40. The molecular weight excluding hydrogens is 579 g/mol. The summed E-state index contributed by atoms with van der Waals surface area (Å²) in [4.78, 5) is 2.54. The van der Waals surface area contributed by atoms with Gasteiger partial charge in [-0.15, -0.1) is 0 Å². The van der Waals surface area contributed by atoms with E-state index in [9.17, 15) is 21.6 Å². The molecule has 1 aliphatic rings. The van der Waals surface area contributed by atoms with Crippen molar-refractivity contribution < 1.29 is 26.3 Å². The number of sulfonamides is 1. The van der Waals surface area contributed by atoms with Crippen LogP contribution in [0.5, 0.6) is 5.75 Å². The van der Waals surface area contributed by atoms with Crippen molar-refractivity contribution in [3.8, 4) is 17.6 Å². The average molecular weight is 620 g/mol. The molecule has 0 aliphatic heterocycles.